The van der Waals surface area contributed by atoms with E-state index < -0.39 is 0 Å². The van der Waals surface area contributed by atoms with Crippen LogP contribution in [-0.2, 0) is 6.54 Å². The van der Waals surface area contributed by atoms with Crippen LogP contribution in [0.25, 0.3) is 0 Å². The van der Waals surface area contributed by atoms with Gasteiger partial charge < -0.3 is 15.1 Å². The number of furan rings is 1. The molecule has 0 aromatic carbocycles. The lowest BCUT2D eigenvalue weighted by Gasteiger charge is -2.12. The van der Waals surface area contributed by atoms with Crippen molar-refractivity contribution in [3.05, 3.63) is 24.2 Å². The first-order valence-corrected chi connectivity index (χ1v) is 6.39. The highest BCUT2D eigenvalue weighted by Gasteiger charge is 2.65. The summed E-state index contributed by atoms with van der Waals surface area (Å²) in [5.74, 6) is 1.74. The average Bonchev–Trinajstić information content (AvgIpc) is 2.74. The Morgan fingerprint density at radius 3 is 2.37 bits per heavy atom. The number of aliphatic imine (C=N–C) groups is 1. The maximum absolute atomic E-state index is 5.29. The van der Waals surface area contributed by atoms with E-state index in [4.69, 9.17) is 4.42 Å². The smallest absolute Gasteiger partial charge is 0.191 e. The van der Waals surface area contributed by atoms with Crippen molar-refractivity contribution in [1.82, 2.24) is 10.6 Å². The fourth-order valence-corrected chi connectivity index (χ4v) is 2.47. The summed E-state index contributed by atoms with van der Waals surface area (Å²) in [5, 5.41) is 6.74. The van der Waals surface area contributed by atoms with Crippen LogP contribution >= 0.6 is 24.0 Å². The van der Waals surface area contributed by atoms with Crippen molar-refractivity contribution in [3.8, 4) is 0 Å². The molecule has 1 aromatic rings. The van der Waals surface area contributed by atoms with Crippen molar-refractivity contribution in [2.24, 2.45) is 15.8 Å². The molecule has 1 fully saturated rings. The van der Waals surface area contributed by atoms with Gasteiger partial charge in [-0.05, 0) is 23.0 Å². The van der Waals surface area contributed by atoms with Gasteiger partial charge >= 0.3 is 0 Å². The van der Waals surface area contributed by atoms with Crippen LogP contribution in [0, 0.1) is 10.8 Å². The van der Waals surface area contributed by atoms with Gasteiger partial charge in [-0.25, -0.2) is 0 Å². The number of guanidine groups is 1. The van der Waals surface area contributed by atoms with Crippen LogP contribution in [0.5, 0.6) is 0 Å². The van der Waals surface area contributed by atoms with Crippen LogP contribution in [0.3, 0.4) is 0 Å². The van der Waals surface area contributed by atoms with Gasteiger partial charge in [-0.3, -0.25) is 4.99 Å². The first-order valence-electron chi connectivity index (χ1n) is 6.39. The number of rotatable bonds is 3. The molecular formula is C14H24IN3O. The molecule has 108 valence electrons. The highest BCUT2D eigenvalue weighted by molar-refractivity contribution is 14.0. The minimum Gasteiger partial charge on any atom is -0.467 e. The third-order valence-corrected chi connectivity index (χ3v) is 4.54. The molecule has 0 spiro atoms. The van der Waals surface area contributed by atoms with Crippen molar-refractivity contribution >= 4 is 29.9 Å². The van der Waals surface area contributed by atoms with Gasteiger partial charge in [0.1, 0.15) is 5.76 Å². The highest BCUT2D eigenvalue weighted by atomic mass is 127. The van der Waals surface area contributed by atoms with Gasteiger partial charge in [0.25, 0.3) is 0 Å². The molecular weight excluding hydrogens is 353 g/mol. The molecule has 1 saturated carbocycles. The average molecular weight is 377 g/mol. The van der Waals surface area contributed by atoms with Gasteiger partial charge in [0.05, 0.1) is 12.8 Å². The summed E-state index contributed by atoms with van der Waals surface area (Å²) < 4.78 is 5.29. The maximum Gasteiger partial charge on any atom is 0.191 e. The second kappa shape index (κ2) is 5.73. The van der Waals surface area contributed by atoms with Gasteiger partial charge in [-0.2, -0.15) is 0 Å². The van der Waals surface area contributed by atoms with Crippen molar-refractivity contribution < 1.29 is 4.42 Å². The van der Waals surface area contributed by atoms with E-state index in [9.17, 15) is 0 Å². The number of halogens is 1. The van der Waals surface area contributed by atoms with Gasteiger partial charge in [0.2, 0.25) is 0 Å². The Bertz CT molecular complexity index is 424. The lowest BCUT2D eigenvalue weighted by Crippen LogP contribution is -2.40. The predicted molar refractivity (Wildman–Crippen MR) is 88.8 cm³/mol. The summed E-state index contributed by atoms with van der Waals surface area (Å²) >= 11 is 0. The Morgan fingerprint density at radius 1 is 1.32 bits per heavy atom. The van der Waals surface area contributed by atoms with E-state index in [1.54, 1.807) is 13.3 Å². The molecule has 4 nitrogen and oxygen atoms in total. The zero-order valence-corrected chi connectivity index (χ0v) is 14.6. The third-order valence-electron chi connectivity index (χ3n) is 4.54. The SMILES string of the molecule is CN=C(NCc1ccco1)NC1C(C)(C)C1(C)C.I. The molecule has 19 heavy (non-hydrogen) atoms. The third kappa shape index (κ3) is 3.07. The minimum absolute atomic E-state index is 0. The van der Waals surface area contributed by atoms with Crippen LogP contribution in [0.2, 0.25) is 0 Å². The van der Waals surface area contributed by atoms with Crippen LogP contribution in [0.15, 0.2) is 27.8 Å². The second-order valence-electron chi connectivity index (χ2n) is 6.03. The lowest BCUT2D eigenvalue weighted by atomic mass is 10.0. The van der Waals surface area contributed by atoms with E-state index in [2.05, 4.69) is 43.3 Å². The van der Waals surface area contributed by atoms with Gasteiger partial charge in [-0.1, -0.05) is 27.7 Å². The van der Waals surface area contributed by atoms with E-state index in [0.717, 1.165) is 11.7 Å². The molecule has 1 heterocycles. The summed E-state index contributed by atoms with van der Waals surface area (Å²) in [6, 6.07) is 4.29. The summed E-state index contributed by atoms with van der Waals surface area (Å²) in [6.07, 6.45) is 1.68. The number of nitrogens with one attached hydrogen (secondary N) is 2. The molecule has 0 saturated heterocycles. The zero-order valence-electron chi connectivity index (χ0n) is 12.3. The summed E-state index contributed by atoms with van der Waals surface area (Å²) in [4.78, 5) is 4.25. The molecule has 0 atom stereocenters. The van der Waals surface area contributed by atoms with Crippen LogP contribution in [0.4, 0.5) is 0 Å². The Kier molecular flexibility index (Phi) is 4.92. The number of hydrogen-bond acceptors (Lipinski definition) is 2. The van der Waals surface area contributed by atoms with Gasteiger partial charge in [-0.15, -0.1) is 24.0 Å². The fourth-order valence-electron chi connectivity index (χ4n) is 2.47. The zero-order chi connectivity index (χ0) is 13.4. The fraction of sp³-hybridized carbons (Fsp3) is 0.643. The lowest BCUT2D eigenvalue weighted by molar-refractivity contribution is 0.457. The monoisotopic (exact) mass is 377 g/mol. The molecule has 0 bridgehead atoms. The second-order valence-corrected chi connectivity index (χ2v) is 6.03. The molecule has 0 aliphatic heterocycles. The van der Waals surface area contributed by atoms with Crippen molar-refractivity contribution in [3.63, 3.8) is 0 Å². The minimum atomic E-state index is 0. The molecule has 0 unspecified atom stereocenters. The molecule has 0 amide bonds. The summed E-state index contributed by atoms with van der Waals surface area (Å²) in [5.41, 5.74) is 0.602. The van der Waals surface area contributed by atoms with E-state index in [1.807, 2.05) is 12.1 Å². The molecule has 1 aliphatic carbocycles. The Labute approximate surface area is 132 Å². The summed E-state index contributed by atoms with van der Waals surface area (Å²) in [6.45, 7) is 9.78. The quantitative estimate of drug-likeness (QED) is 0.484. The van der Waals surface area contributed by atoms with Crippen LogP contribution < -0.4 is 10.6 Å². The standard InChI is InChI=1S/C14H23N3O.HI/c1-13(2)11(14(13,3)4)17-12(15-5)16-9-10-7-6-8-18-10;/h6-8,11H,9H2,1-5H3,(H2,15,16,17);1H. The molecule has 2 rings (SSSR count). The normalized spacial score (nSPS) is 20.6. The maximum atomic E-state index is 5.29. The Balaban J connectivity index is 0.00000180. The molecule has 1 aromatic heterocycles. The topological polar surface area (TPSA) is 49.6 Å². The van der Waals surface area contributed by atoms with E-state index >= 15 is 0 Å². The van der Waals surface area contributed by atoms with Crippen molar-refractivity contribution in [2.75, 3.05) is 7.05 Å². The van der Waals surface area contributed by atoms with Gasteiger partial charge in [0, 0.05) is 13.1 Å². The van der Waals surface area contributed by atoms with Crippen LogP contribution in [-0.4, -0.2) is 19.0 Å². The molecule has 0 radical (unpaired) electrons. The van der Waals surface area contributed by atoms with Crippen molar-refractivity contribution in [1.29, 1.82) is 0 Å². The van der Waals surface area contributed by atoms with E-state index in [1.165, 1.54) is 0 Å². The largest absolute Gasteiger partial charge is 0.467 e. The number of nitrogens with zero attached hydrogens (tertiary/aromatic N) is 1. The van der Waals surface area contributed by atoms with Gasteiger partial charge in [0.15, 0.2) is 5.96 Å². The summed E-state index contributed by atoms with van der Waals surface area (Å²) in [7, 11) is 1.79. The predicted octanol–water partition coefficient (Wildman–Crippen LogP) is 3.00. The first-order chi connectivity index (χ1) is 8.39. The van der Waals surface area contributed by atoms with Crippen molar-refractivity contribution in [2.45, 2.75) is 40.3 Å². The molecule has 5 heteroatoms. The van der Waals surface area contributed by atoms with E-state index in [-0.39, 0.29) is 24.0 Å². The number of hydrogen-bond donors (Lipinski definition) is 2. The molecule has 2 N–H and O–H groups in total. The Morgan fingerprint density at radius 2 is 1.95 bits per heavy atom. The highest BCUT2D eigenvalue weighted by Crippen LogP contribution is 2.62. The van der Waals surface area contributed by atoms with E-state index in [0.29, 0.717) is 23.4 Å². The first kappa shape index (κ1) is 16.3. The van der Waals surface area contributed by atoms with Crippen LogP contribution in [0.1, 0.15) is 33.5 Å². The molecule has 1 aliphatic rings. The Hall–Kier alpha value is -0.720.